The molecule has 7 nitrogen and oxygen atoms in total. The molecule has 9 heteroatoms. The van der Waals surface area contributed by atoms with Crippen LogP contribution in [-0.2, 0) is 9.53 Å². The molecule has 1 aromatic heterocycles. The number of aromatic nitrogens is 1. The molecule has 0 bridgehead atoms. The predicted octanol–water partition coefficient (Wildman–Crippen LogP) is 4.85. The Bertz CT molecular complexity index is 922. The third kappa shape index (κ3) is 7.16. The fourth-order valence-electron chi connectivity index (χ4n) is 4.24. The minimum Gasteiger partial charge on any atom is -0.482 e. The maximum atomic E-state index is 12.8. The Morgan fingerprint density at radius 1 is 1.09 bits per heavy atom. The predicted molar refractivity (Wildman–Crippen MR) is 132 cm³/mol. The van der Waals surface area contributed by atoms with Crippen molar-refractivity contribution < 1.29 is 19.1 Å². The first-order chi connectivity index (χ1) is 15.6. The van der Waals surface area contributed by atoms with E-state index in [1.165, 1.54) is 17.8 Å². The van der Waals surface area contributed by atoms with Crippen LogP contribution in [0.4, 0.5) is 5.69 Å². The van der Waals surface area contributed by atoms with E-state index in [1.807, 2.05) is 6.92 Å². The molecule has 180 valence electrons. The SMILES string of the molecule is Cc1nc(C2CCNCC2)sc1C(=O)Nc1ccc(OCC(=O)OC2CCCCC2)cc1.Cl. The minimum absolute atomic E-state index is 0. The minimum atomic E-state index is -0.334. The smallest absolute Gasteiger partial charge is 0.344 e. The Balaban J connectivity index is 0.00000306. The molecule has 2 heterocycles. The number of rotatable bonds is 7. The lowest BCUT2D eigenvalue weighted by Crippen LogP contribution is -2.26. The molecule has 1 saturated heterocycles. The van der Waals surface area contributed by atoms with Crippen LogP contribution in [0.15, 0.2) is 24.3 Å². The van der Waals surface area contributed by atoms with Crippen molar-refractivity contribution in [1.82, 2.24) is 10.3 Å². The molecule has 2 N–H and O–H groups in total. The summed E-state index contributed by atoms with van der Waals surface area (Å²) in [5, 5.41) is 7.35. The number of carbonyl (C=O) groups excluding carboxylic acids is 2. The van der Waals surface area contributed by atoms with Gasteiger partial charge in [-0.2, -0.15) is 0 Å². The van der Waals surface area contributed by atoms with Crippen LogP contribution in [0.25, 0.3) is 0 Å². The van der Waals surface area contributed by atoms with Crippen molar-refractivity contribution in [3.8, 4) is 5.75 Å². The monoisotopic (exact) mass is 493 g/mol. The Kier molecular flexibility index (Phi) is 9.52. The number of piperidine rings is 1. The Labute approximate surface area is 205 Å². The zero-order valence-corrected chi connectivity index (χ0v) is 20.6. The molecule has 0 unspecified atom stereocenters. The normalized spacial score (nSPS) is 17.1. The van der Waals surface area contributed by atoms with Gasteiger partial charge in [-0.3, -0.25) is 4.79 Å². The highest BCUT2D eigenvalue weighted by Crippen LogP contribution is 2.31. The van der Waals surface area contributed by atoms with E-state index in [2.05, 4.69) is 15.6 Å². The van der Waals surface area contributed by atoms with Crippen LogP contribution >= 0.6 is 23.7 Å². The average Bonchev–Trinajstić information content (AvgIpc) is 3.22. The van der Waals surface area contributed by atoms with Crippen molar-refractivity contribution in [2.24, 2.45) is 0 Å². The maximum absolute atomic E-state index is 12.8. The van der Waals surface area contributed by atoms with Gasteiger partial charge in [0.05, 0.1) is 10.7 Å². The second-order valence-electron chi connectivity index (χ2n) is 8.51. The third-order valence-electron chi connectivity index (χ3n) is 6.03. The third-order valence-corrected chi connectivity index (χ3v) is 7.35. The molecule has 33 heavy (non-hydrogen) atoms. The average molecular weight is 494 g/mol. The van der Waals surface area contributed by atoms with Gasteiger partial charge in [-0.05, 0) is 82.8 Å². The molecule has 1 saturated carbocycles. The standard InChI is InChI=1S/C24H31N3O4S.ClH/c1-16-22(32-24(26-16)17-11-13-25-14-12-17)23(29)27-18-7-9-19(10-8-18)30-15-21(28)31-20-5-3-2-4-6-20;/h7-10,17,20,25H,2-6,11-15H2,1H3,(H,27,29);1H. The molecular formula is C24H32ClN3O4S. The van der Waals surface area contributed by atoms with Gasteiger partial charge < -0.3 is 20.1 Å². The molecule has 2 fully saturated rings. The van der Waals surface area contributed by atoms with Crippen LogP contribution in [-0.4, -0.2) is 42.7 Å². The number of ether oxygens (including phenoxy) is 2. The van der Waals surface area contributed by atoms with Gasteiger partial charge in [0, 0.05) is 11.6 Å². The van der Waals surface area contributed by atoms with Crippen molar-refractivity contribution in [3.05, 3.63) is 39.8 Å². The molecule has 2 aromatic rings. The number of esters is 1. The first kappa shape index (κ1) is 25.5. The number of thiazole rings is 1. The molecule has 0 atom stereocenters. The summed E-state index contributed by atoms with van der Waals surface area (Å²) < 4.78 is 11.0. The van der Waals surface area contributed by atoms with Gasteiger partial charge in [-0.15, -0.1) is 23.7 Å². The molecule has 0 spiro atoms. The second kappa shape index (κ2) is 12.3. The molecule has 4 rings (SSSR count). The van der Waals surface area contributed by atoms with E-state index in [-0.39, 0.29) is 37.0 Å². The topological polar surface area (TPSA) is 89.5 Å². The molecule has 1 aliphatic heterocycles. The molecule has 1 aliphatic carbocycles. The number of halogens is 1. The van der Waals surface area contributed by atoms with E-state index < -0.39 is 0 Å². The number of carbonyl (C=O) groups is 2. The van der Waals surface area contributed by atoms with Crippen LogP contribution in [0.1, 0.15) is 71.2 Å². The Morgan fingerprint density at radius 2 is 1.79 bits per heavy atom. The summed E-state index contributed by atoms with van der Waals surface area (Å²) in [6.45, 7) is 3.77. The molecule has 0 radical (unpaired) electrons. The van der Waals surface area contributed by atoms with E-state index in [9.17, 15) is 9.59 Å². The van der Waals surface area contributed by atoms with Crippen molar-refractivity contribution >= 4 is 41.3 Å². The lowest BCUT2D eigenvalue weighted by Gasteiger charge is -2.21. The summed E-state index contributed by atoms with van der Waals surface area (Å²) in [7, 11) is 0. The number of hydrogen-bond acceptors (Lipinski definition) is 7. The van der Waals surface area contributed by atoms with E-state index in [0.29, 0.717) is 22.2 Å². The maximum Gasteiger partial charge on any atom is 0.344 e. The van der Waals surface area contributed by atoms with E-state index in [1.54, 1.807) is 24.3 Å². The largest absolute Gasteiger partial charge is 0.482 e. The fourth-order valence-corrected chi connectivity index (χ4v) is 5.37. The highest BCUT2D eigenvalue weighted by molar-refractivity contribution is 7.14. The molecule has 1 aromatic carbocycles. The van der Waals surface area contributed by atoms with Crippen LogP contribution < -0.4 is 15.4 Å². The van der Waals surface area contributed by atoms with E-state index in [4.69, 9.17) is 9.47 Å². The number of aryl methyl sites for hydroxylation is 1. The first-order valence-electron chi connectivity index (χ1n) is 11.5. The zero-order valence-electron chi connectivity index (χ0n) is 18.9. The summed E-state index contributed by atoms with van der Waals surface area (Å²) in [5.41, 5.74) is 1.45. The van der Waals surface area contributed by atoms with Crippen LogP contribution in [0, 0.1) is 6.92 Å². The Morgan fingerprint density at radius 3 is 2.48 bits per heavy atom. The summed E-state index contributed by atoms with van der Waals surface area (Å²) in [6.07, 6.45) is 7.49. The van der Waals surface area contributed by atoms with Crippen LogP contribution in [0.3, 0.4) is 0 Å². The highest BCUT2D eigenvalue weighted by atomic mass is 35.5. The van der Waals surface area contributed by atoms with Gasteiger partial charge in [0.15, 0.2) is 6.61 Å². The van der Waals surface area contributed by atoms with E-state index >= 15 is 0 Å². The fraction of sp³-hybridized carbons (Fsp3) is 0.542. The van der Waals surface area contributed by atoms with Gasteiger partial charge >= 0.3 is 5.97 Å². The summed E-state index contributed by atoms with van der Waals surface area (Å²) in [5.74, 6) is 0.512. The number of nitrogens with one attached hydrogen (secondary N) is 2. The van der Waals surface area contributed by atoms with Gasteiger partial charge in [0.25, 0.3) is 5.91 Å². The Hall–Kier alpha value is -2.16. The number of benzene rings is 1. The second-order valence-corrected chi connectivity index (χ2v) is 9.54. The van der Waals surface area contributed by atoms with Gasteiger partial charge in [-0.1, -0.05) is 6.42 Å². The number of anilines is 1. The van der Waals surface area contributed by atoms with E-state index in [0.717, 1.165) is 62.3 Å². The number of amides is 1. The lowest BCUT2D eigenvalue weighted by molar-refractivity contribution is -0.152. The quantitative estimate of drug-likeness (QED) is 0.536. The summed E-state index contributed by atoms with van der Waals surface area (Å²) in [4.78, 5) is 30.1. The van der Waals surface area contributed by atoms with Crippen molar-refractivity contribution in [1.29, 1.82) is 0 Å². The highest BCUT2D eigenvalue weighted by Gasteiger charge is 2.23. The lowest BCUT2D eigenvalue weighted by atomic mass is 9.98. The van der Waals surface area contributed by atoms with Crippen LogP contribution in [0.2, 0.25) is 0 Å². The van der Waals surface area contributed by atoms with Gasteiger partial charge in [0.1, 0.15) is 16.7 Å². The number of hydrogen-bond donors (Lipinski definition) is 2. The summed E-state index contributed by atoms with van der Waals surface area (Å²) in [6, 6.07) is 7.01. The summed E-state index contributed by atoms with van der Waals surface area (Å²) >= 11 is 1.49. The number of nitrogens with zero attached hydrogens (tertiary/aromatic N) is 1. The zero-order chi connectivity index (χ0) is 22.3. The molecule has 2 aliphatic rings. The van der Waals surface area contributed by atoms with Crippen molar-refractivity contribution in [2.75, 3.05) is 25.0 Å². The van der Waals surface area contributed by atoms with Gasteiger partial charge in [-0.25, -0.2) is 9.78 Å². The van der Waals surface area contributed by atoms with Crippen molar-refractivity contribution in [2.45, 2.75) is 63.9 Å². The molecular weight excluding hydrogens is 462 g/mol. The van der Waals surface area contributed by atoms with Crippen LogP contribution in [0.5, 0.6) is 5.75 Å². The van der Waals surface area contributed by atoms with Gasteiger partial charge in [0.2, 0.25) is 0 Å². The molecule has 1 amide bonds. The van der Waals surface area contributed by atoms with Crippen molar-refractivity contribution in [3.63, 3.8) is 0 Å². The first-order valence-corrected chi connectivity index (χ1v) is 12.3.